The van der Waals surface area contributed by atoms with Gasteiger partial charge >= 0.3 is 12.2 Å². The average Bonchev–Trinajstić information content (AvgIpc) is 1.96. The van der Waals surface area contributed by atoms with Crippen molar-refractivity contribution in [1.82, 2.24) is 9.80 Å². The first-order valence-corrected chi connectivity index (χ1v) is 4.20. The number of halogens is 3. The summed E-state index contributed by atoms with van der Waals surface area (Å²) in [6.07, 6.45) is -4.35. The fraction of sp³-hybridized carbons (Fsp3) is 0.875. The van der Waals surface area contributed by atoms with E-state index in [-0.39, 0.29) is 0 Å². The molecule has 0 spiro atoms. The molecule has 3 nitrogen and oxygen atoms in total. The van der Waals surface area contributed by atoms with Crippen molar-refractivity contribution < 1.29 is 18.0 Å². The Balaban J connectivity index is 4.54. The zero-order valence-electron chi connectivity index (χ0n) is 8.72. The largest absolute Gasteiger partial charge is 0.406 e. The lowest BCUT2D eigenvalue weighted by atomic mass is 10.3. The van der Waals surface area contributed by atoms with Crippen molar-refractivity contribution in [2.75, 3.05) is 20.6 Å². The highest BCUT2D eigenvalue weighted by atomic mass is 19.4. The average molecular weight is 212 g/mol. The van der Waals surface area contributed by atoms with Crippen LogP contribution in [0.2, 0.25) is 0 Å². The minimum Gasteiger partial charge on any atom is -0.331 e. The number of amides is 2. The first kappa shape index (κ1) is 13.1. The van der Waals surface area contributed by atoms with Gasteiger partial charge in [-0.05, 0) is 13.8 Å². The third kappa shape index (κ3) is 4.34. The van der Waals surface area contributed by atoms with Crippen LogP contribution in [0.4, 0.5) is 18.0 Å². The van der Waals surface area contributed by atoms with Crippen molar-refractivity contribution in [3.8, 4) is 0 Å². The number of hydrogen-bond donors (Lipinski definition) is 0. The van der Waals surface area contributed by atoms with E-state index in [4.69, 9.17) is 0 Å². The number of hydrogen-bond acceptors (Lipinski definition) is 1. The van der Waals surface area contributed by atoms with Crippen LogP contribution in [-0.4, -0.2) is 48.7 Å². The van der Waals surface area contributed by atoms with Crippen LogP contribution >= 0.6 is 0 Å². The van der Waals surface area contributed by atoms with E-state index in [1.165, 1.54) is 14.1 Å². The topological polar surface area (TPSA) is 23.6 Å². The van der Waals surface area contributed by atoms with E-state index in [0.717, 1.165) is 9.80 Å². The van der Waals surface area contributed by atoms with Crippen LogP contribution in [0.25, 0.3) is 0 Å². The molecule has 0 heterocycles. The smallest absolute Gasteiger partial charge is 0.331 e. The Bertz CT molecular complexity index is 201. The highest BCUT2D eigenvalue weighted by Gasteiger charge is 2.34. The van der Waals surface area contributed by atoms with Crippen LogP contribution in [0.5, 0.6) is 0 Å². The predicted molar refractivity (Wildman–Crippen MR) is 47.0 cm³/mol. The van der Waals surface area contributed by atoms with Gasteiger partial charge in [0, 0.05) is 20.1 Å². The SMILES string of the molecule is CC(C)N(CC(F)(F)F)C(=O)N(C)C. The minimum atomic E-state index is -4.35. The summed E-state index contributed by atoms with van der Waals surface area (Å²) in [4.78, 5) is 13.2. The minimum absolute atomic E-state index is 0.466. The van der Waals surface area contributed by atoms with Crippen molar-refractivity contribution in [1.29, 1.82) is 0 Å². The number of alkyl halides is 3. The summed E-state index contributed by atoms with van der Waals surface area (Å²) < 4.78 is 36.2. The van der Waals surface area contributed by atoms with E-state index in [1.54, 1.807) is 13.8 Å². The maximum Gasteiger partial charge on any atom is 0.406 e. The Labute approximate surface area is 81.5 Å². The second kappa shape index (κ2) is 4.52. The van der Waals surface area contributed by atoms with Gasteiger partial charge in [0.2, 0.25) is 0 Å². The van der Waals surface area contributed by atoms with E-state index in [2.05, 4.69) is 0 Å². The van der Waals surface area contributed by atoms with Gasteiger partial charge in [-0.1, -0.05) is 0 Å². The molecule has 2 amide bonds. The van der Waals surface area contributed by atoms with Crippen molar-refractivity contribution in [2.24, 2.45) is 0 Å². The standard InChI is InChI=1S/C8H15F3N2O/c1-6(2)13(5-8(9,10)11)7(14)12(3)4/h6H,5H2,1-4H3. The Kier molecular flexibility index (Phi) is 4.22. The molecule has 0 aliphatic heterocycles. The first-order valence-electron chi connectivity index (χ1n) is 4.20. The summed E-state index contributed by atoms with van der Waals surface area (Å²) in [5.74, 6) is 0. The molecule has 0 radical (unpaired) electrons. The maximum absolute atomic E-state index is 12.1. The van der Waals surface area contributed by atoms with Gasteiger partial charge in [-0.3, -0.25) is 0 Å². The number of carbonyl (C=O) groups is 1. The zero-order chi connectivity index (χ0) is 11.5. The number of urea groups is 1. The molecular weight excluding hydrogens is 197 g/mol. The van der Waals surface area contributed by atoms with Crippen molar-refractivity contribution in [3.63, 3.8) is 0 Å². The molecular formula is C8H15F3N2O. The summed E-state index contributed by atoms with van der Waals surface area (Å²) >= 11 is 0. The molecule has 0 aromatic heterocycles. The number of rotatable bonds is 2. The lowest BCUT2D eigenvalue weighted by Crippen LogP contribution is -2.47. The molecule has 0 saturated carbocycles. The molecule has 0 N–H and O–H groups in total. The van der Waals surface area contributed by atoms with Crippen molar-refractivity contribution >= 4 is 6.03 Å². The summed E-state index contributed by atoms with van der Waals surface area (Å²) in [7, 11) is 2.85. The fourth-order valence-electron chi connectivity index (χ4n) is 0.921. The van der Waals surface area contributed by atoms with Gasteiger partial charge in [-0.2, -0.15) is 13.2 Å². The summed E-state index contributed by atoms with van der Waals surface area (Å²) in [6, 6.07) is -1.09. The van der Waals surface area contributed by atoms with E-state index in [1.807, 2.05) is 0 Å². The molecule has 6 heteroatoms. The highest BCUT2D eigenvalue weighted by molar-refractivity contribution is 5.74. The lowest BCUT2D eigenvalue weighted by molar-refractivity contribution is -0.143. The van der Waals surface area contributed by atoms with Crippen molar-refractivity contribution in [2.45, 2.75) is 26.1 Å². The van der Waals surface area contributed by atoms with E-state index >= 15 is 0 Å². The first-order chi connectivity index (χ1) is 6.15. The Morgan fingerprint density at radius 3 is 1.93 bits per heavy atom. The molecule has 0 rings (SSSR count). The van der Waals surface area contributed by atoms with E-state index in [9.17, 15) is 18.0 Å². The second-order valence-electron chi connectivity index (χ2n) is 3.51. The van der Waals surface area contributed by atoms with Crippen LogP contribution < -0.4 is 0 Å². The number of carbonyl (C=O) groups excluding carboxylic acids is 1. The molecule has 0 saturated heterocycles. The van der Waals surface area contributed by atoms with Gasteiger partial charge < -0.3 is 9.80 Å². The molecule has 84 valence electrons. The fourth-order valence-corrected chi connectivity index (χ4v) is 0.921. The normalized spacial score (nSPS) is 11.7. The Morgan fingerprint density at radius 2 is 1.71 bits per heavy atom. The van der Waals surface area contributed by atoms with Crippen LogP contribution in [0.3, 0.4) is 0 Å². The summed E-state index contributed by atoms with van der Waals surface area (Å²) in [5.41, 5.74) is 0. The Morgan fingerprint density at radius 1 is 1.29 bits per heavy atom. The molecule has 0 fully saturated rings. The van der Waals surface area contributed by atoms with Gasteiger partial charge in [-0.15, -0.1) is 0 Å². The summed E-state index contributed by atoms with van der Waals surface area (Å²) in [6.45, 7) is 1.89. The Hall–Kier alpha value is -0.940. The molecule has 0 aromatic carbocycles. The molecule has 0 aliphatic rings. The van der Waals surface area contributed by atoms with Crippen molar-refractivity contribution in [3.05, 3.63) is 0 Å². The van der Waals surface area contributed by atoms with Gasteiger partial charge in [-0.25, -0.2) is 4.79 Å². The van der Waals surface area contributed by atoms with Crippen LogP contribution in [0.15, 0.2) is 0 Å². The van der Waals surface area contributed by atoms with Gasteiger partial charge in [0.05, 0.1) is 0 Å². The zero-order valence-corrected chi connectivity index (χ0v) is 8.72. The quantitative estimate of drug-likeness (QED) is 0.686. The van der Waals surface area contributed by atoms with Gasteiger partial charge in [0.25, 0.3) is 0 Å². The maximum atomic E-state index is 12.1. The third-order valence-corrected chi connectivity index (χ3v) is 1.60. The molecule has 0 bridgehead atoms. The van der Waals surface area contributed by atoms with Crippen LogP contribution in [-0.2, 0) is 0 Å². The molecule has 0 unspecified atom stereocenters. The highest BCUT2D eigenvalue weighted by Crippen LogP contribution is 2.18. The predicted octanol–water partition coefficient (Wildman–Crippen LogP) is 1.94. The van der Waals surface area contributed by atoms with Gasteiger partial charge in [0.1, 0.15) is 6.54 Å². The molecule has 14 heavy (non-hydrogen) atoms. The number of nitrogens with zero attached hydrogens (tertiary/aromatic N) is 2. The molecule has 0 aromatic rings. The van der Waals surface area contributed by atoms with E-state index < -0.39 is 24.8 Å². The monoisotopic (exact) mass is 212 g/mol. The van der Waals surface area contributed by atoms with Gasteiger partial charge in [0.15, 0.2) is 0 Å². The van der Waals surface area contributed by atoms with E-state index in [0.29, 0.717) is 0 Å². The molecule has 0 aliphatic carbocycles. The lowest BCUT2D eigenvalue weighted by Gasteiger charge is -2.30. The third-order valence-electron chi connectivity index (χ3n) is 1.60. The summed E-state index contributed by atoms with van der Waals surface area (Å²) in [5, 5.41) is 0. The second-order valence-corrected chi connectivity index (χ2v) is 3.51. The molecule has 0 atom stereocenters. The van der Waals surface area contributed by atoms with Crippen LogP contribution in [0.1, 0.15) is 13.8 Å². The van der Waals surface area contributed by atoms with Crippen LogP contribution in [0, 0.1) is 0 Å².